The van der Waals surface area contributed by atoms with Gasteiger partial charge < -0.3 is 11.1 Å². The molecule has 1 aliphatic rings. The highest BCUT2D eigenvalue weighted by molar-refractivity contribution is 7.91. The topological polar surface area (TPSA) is 72.2 Å². The zero-order valence-electron chi connectivity index (χ0n) is 11.6. The highest BCUT2D eigenvalue weighted by Gasteiger charge is 2.30. The number of hydrogen-bond acceptors (Lipinski definition) is 4. The van der Waals surface area contributed by atoms with Crippen LogP contribution in [-0.2, 0) is 9.84 Å². The number of nitrogens with one attached hydrogen (secondary N) is 1. The summed E-state index contributed by atoms with van der Waals surface area (Å²) in [4.78, 5) is -0.364. The zero-order valence-corrected chi connectivity index (χ0v) is 12.5. The molecule has 0 aromatic heterocycles. The molecule has 7 heteroatoms. The molecule has 2 rings (SSSR count). The molecule has 0 bridgehead atoms. The van der Waals surface area contributed by atoms with Crippen molar-refractivity contribution in [1.29, 1.82) is 0 Å². The van der Waals surface area contributed by atoms with Gasteiger partial charge in [0.05, 0.1) is 10.6 Å². The minimum absolute atomic E-state index is 0.0958. The molecule has 1 fully saturated rings. The Balaban J connectivity index is 2.28. The van der Waals surface area contributed by atoms with Gasteiger partial charge in [-0.3, -0.25) is 0 Å². The van der Waals surface area contributed by atoms with Gasteiger partial charge in [-0.25, -0.2) is 8.42 Å². The van der Waals surface area contributed by atoms with Gasteiger partial charge in [0.25, 0.3) is 0 Å². The maximum atomic E-state index is 12.8. The first-order valence-electron chi connectivity index (χ1n) is 7.06. The van der Waals surface area contributed by atoms with Crippen molar-refractivity contribution in [2.75, 3.05) is 5.32 Å². The van der Waals surface area contributed by atoms with Crippen LogP contribution in [0.4, 0.5) is 14.5 Å². The van der Waals surface area contributed by atoms with E-state index in [1.165, 1.54) is 18.2 Å². The second kappa shape index (κ2) is 6.70. The van der Waals surface area contributed by atoms with Crippen molar-refractivity contribution in [3.05, 3.63) is 24.3 Å². The van der Waals surface area contributed by atoms with Crippen molar-refractivity contribution in [3.8, 4) is 0 Å². The lowest BCUT2D eigenvalue weighted by atomic mass is 10.0. The van der Waals surface area contributed by atoms with Gasteiger partial charge in [0.2, 0.25) is 9.84 Å². The fourth-order valence-electron chi connectivity index (χ4n) is 2.65. The number of hydrogen-bond donors (Lipinski definition) is 2. The molecule has 0 saturated heterocycles. The van der Waals surface area contributed by atoms with E-state index in [2.05, 4.69) is 5.32 Å². The Hall–Kier alpha value is -1.21. The van der Waals surface area contributed by atoms with E-state index >= 15 is 0 Å². The highest BCUT2D eigenvalue weighted by Crippen LogP contribution is 2.28. The molecule has 0 amide bonds. The van der Waals surface area contributed by atoms with E-state index < -0.39 is 15.6 Å². The molecule has 3 N–H and O–H groups in total. The van der Waals surface area contributed by atoms with Crippen molar-refractivity contribution < 1.29 is 17.2 Å². The number of sulfone groups is 1. The zero-order chi connectivity index (χ0) is 15.5. The van der Waals surface area contributed by atoms with Crippen molar-refractivity contribution in [3.63, 3.8) is 0 Å². The molecule has 2 atom stereocenters. The Kier molecular flexibility index (Phi) is 5.16. The van der Waals surface area contributed by atoms with Gasteiger partial charge in [-0.05, 0) is 25.0 Å². The van der Waals surface area contributed by atoms with Crippen LogP contribution in [0.5, 0.6) is 0 Å². The summed E-state index contributed by atoms with van der Waals surface area (Å²) in [6.07, 6.45) is 4.78. The molecule has 0 radical (unpaired) electrons. The summed E-state index contributed by atoms with van der Waals surface area (Å²) in [5.41, 5.74) is 6.29. The van der Waals surface area contributed by atoms with E-state index in [4.69, 9.17) is 5.73 Å². The van der Waals surface area contributed by atoms with E-state index in [0.29, 0.717) is 0 Å². The van der Waals surface area contributed by atoms with Crippen LogP contribution in [0, 0.1) is 0 Å². The predicted molar refractivity (Wildman–Crippen MR) is 78.1 cm³/mol. The smallest absolute Gasteiger partial charge is 0.341 e. The van der Waals surface area contributed by atoms with Gasteiger partial charge in [-0.15, -0.1) is 0 Å². The molecule has 1 aromatic rings. The predicted octanol–water partition coefficient (Wildman–Crippen LogP) is 2.75. The molecule has 2 unspecified atom stereocenters. The molecule has 0 heterocycles. The molecule has 0 spiro atoms. The number of benzene rings is 1. The summed E-state index contributed by atoms with van der Waals surface area (Å²) >= 11 is 0. The summed E-state index contributed by atoms with van der Waals surface area (Å²) in [6.45, 7) is 0. The minimum atomic E-state index is -4.62. The third kappa shape index (κ3) is 3.71. The van der Waals surface area contributed by atoms with Crippen LogP contribution in [0.25, 0.3) is 0 Å². The van der Waals surface area contributed by atoms with E-state index in [1.54, 1.807) is 6.07 Å². The molecular weight excluding hydrogens is 298 g/mol. The molecule has 4 nitrogen and oxygen atoms in total. The maximum Gasteiger partial charge on any atom is 0.341 e. The van der Waals surface area contributed by atoms with Crippen molar-refractivity contribution >= 4 is 15.5 Å². The largest absolute Gasteiger partial charge is 0.380 e. The lowest BCUT2D eigenvalue weighted by molar-refractivity contribution is 0.235. The molecule has 0 aliphatic heterocycles. The molecule has 1 aliphatic carbocycles. The number of nitrogens with two attached hydrogens (primary N) is 1. The van der Waals surface area contributed by atoms with Crippen molar-refractivity contribution in [1.82, 2.24) is 0 Å². The monoisotopic (exact) mass is 318 g/mol. The molecule has 118 valence electrons. The molecule has 1 aromatic carbocycles. The first-order chi connectivity index (χ1) is 9.93. The summed E-state index contributed by atoms with van der Waals surface area (Å²) in [7, 11) is -4.62. The maximum absolute atomic E-state index is 12.8. The van der Waals surface area contributed by atoms with E-state index in [-0.39, 0.29) is 22.7 Å². The van der Waals surface area contributed by atoms with Crippen LogP contribution in [0.3, 0.4) is 0 Å². The fraction of sp³-hybridized carbons (Fsp3) is 0.571. The second-order valence-corrected chi connectivity index (χ2v) is 7.24. The Morgan fingerprint density at radius 3 is 2.52 bits per heavy atom. The van der Waals surface area contributed by atoms with E-state index in [9.17, 15) is 17.2 Å². The van der Waals surface area contributed by atoms with Crippen LogP contribution < -0.4 is 11.1 Å². The number of anilines is 1. The summed E-state index contributed by atoms with van der Waals surface area (Å²) < 4.78 is 49.0. The Morgan fingerprint density at radius 1 is 1.14 bits per heavy atom. The SMILES string of the molecule is NC1CCCCCC1Nc1ccccc1S(=O)(=O)C(F)F. The number of para-hydroxylation sites is 1. The lowest BCUT2D eigenvalue weighted by Crippen LogP contribution is -2.39. The molecule has 21 heavy (non-hydrogen) atoms. The molecule has 1 saturated carbocycles. The standard InChI is InChI=1S/C14H20F2N2O2S/c15-14(16)21(19,20)13-9-5-4-8-12(13)18-11-7-3-1-2-6-10(11)17/h4-5,8-11,14,18H,1-3,6-7,17H2. The Morgan fingerprint density at radius 2 is 1.81 bits per heavy atom. The lowest BCUT2D eigenvalue weighted by Gasteiger charge is -2.25. The number of alkyl halides is 2. The first kappa shape index (κ1) is 16.2. The average molecular weight is 318 g/mol. The van der Waals surface area contributed by atoms with Crippen LogP contribution >= 0.6 is 0 Å². The molecular formula is C14H20F2N2O2S. The van der Waals surface area contributed by atoms with Crippen LogP contribution in [0.2, 0.25) is 0 Å². The Bertz CT molecular complexity index is 578. The summed E-state index contributed by atoms with van der Waals surface area (Å²) in [5.74, 6) is -3.43. The summed E-state index contributed by atoms with van der Waals surface area (Å²) in [5, 5.41) is 3.06. The first-order valence-corrected chi connectivity index (χ1v) is 8.61. The van der Waals surface area contributed by atoms with Crippen LogP contribution in [0.1, 0.15) is 32.1 Å². The van der Waals surface area contributed by atoms with E-state index in [0.717, 1.165) is 32.1 Å². The van der Waals surface area contributed by atoms with Gasteiger partial charge in [-0.2, -0.15) is 8.78 Å². The third-order valence-corrected chi connectivity index (χ3v) is 5.28. The van der Waals surface area contributed by atoms with E-state index in [1.807, 2.05) is 0 Å². The van der Waals surface area contributed by atoms with Gasteiger partial charge in [0.1, 0.15) is 0 Å². The van der Waals surface area contributed by atoms with Crippen LogP contribution in [0.15, 0.2) is 29.2 Å². The average Bonchev–Trinajstić information content (AvgIpc) is 2.64. The Labute approximate surface area is 123 Å². The van der Waals surface area contributed by atoms with Crippen molar-refractivity contribution in [2.45, 2.75) is 54.8 Å². The normalized spacial score (nSPS) is 23.8. The number of halogens is 2. The van der Waals surface area contributed by atoms with Crippen LogP contribution in [-0.4, -0.2) is 26.3 Å². The van der Waals surface area contributed by atoms with Gasteiger partial charge >= 0.3 is 5.76 Å². The highest BCUT2D eigenvalue weighted by atomic mass is 32.2. The number of rotatable bonds is 4. The van der Waals surface area contributed by atoms with Gasteiger partial charge in [0, 0.05) is 12.1 Å². The minimum Gasteiger partial charge on any atom is -0.380 e. The quantitative estimate of drug-likeness (QED) is 0.837. The summed E-state index contributed by atoms with van der Waals surface area (Å²) in [6, 6.07) is 5.57. The van der Waals surface area contributed by atoms with Crippen molar-refractivity contribution in [2.24, 2.45) is 5.73 Å². The van der Waals surface area contributed by atoms with Gasteiger partial charge in [0.15, 0.2) is 0 Å². The second-order valence-electron chi connectivity index (χ2n) is 5.35. The third-order valence-electron chi connectivity index (χ3n) is 3.84. The fourth-order valence-corrected chi connectivity index (χ4v) is 3.54. The van der Waals surface area contributed by atoms with Gasteiger partial charge in [-0.1, -0.05) is 31.4 Å².